The van der Waals surface area contributed by atoms with Crippen molar-refractivity contribution >= 4 is 17.9 Å². The van der Waals surface area contributed by atoms with E-state index in [2.05, 4.69) is 4.90 Å². The lowest BCUT2D eigenvalue weighted by Gasteiger charge is -2.32. The van der Waals surface area contributed by atoms with Gasteiger partial charge in [-0.05, 0) is 37.1 Å². The normalized spacial score (nSPS) is 16.4. The summed E-state index contributed by atoms with van der Waals surface area (Å²) >= 11 is 0. The third kappa shape index (κ3) is 2.70. The first-order valence-corrected chi connectivity index (χ1v) is 6.12. The molecule has 2 rings (SSSR count). The van der Waals surface area contributed by atoms with Crippen LogP contribution < -0.4 is 4.90 Å². The molecule has 0 aromatic heterocycles. The first-order valence-electron chi connectivity index (χ1n) is 6.12. The van der Waals surface area contributed by atoms with Crippen LogP contribution in [-0.2, 0) is 9.53 Å². The van der Waals surface area contributed by atoms with Gasteiger partial charge in [-0.2, -0.15) is 0 Å². The first kappa shape index (κ1) is 12.6. The third-order valence-corrected chi connectivity index (χ3v) is 3.42. The molecule has 1 fully saturated rings. The lowest BCUT2D eigenvalue weighted by atomic mass is 9.96. The highest BCUT2D eigenvalue weighted by Gasteiger charge is 2.25. The van der Waals surface area contributed by atoms with Gasteiger partial charge in [0, 0.05) is 24.3 Å². The quantitative estimate of drug-likeness (QED) is 0.604. The maximum absolute atomic E-state index is 11.4. The first-order chi connectivity index (χ1) is 8.74. The second kappa shape index (κ2) is 5.67. The largest absolute Gasteiger partial charge is 0.469 e. The molecule has 0 radical (unpaired) electrons. The Hall–Kier alpha value is -1.84. The number of nitrogens with zero attached hydrogens (tertiary/aromatic N) is 1. The van der Waals surface area contributed by atoms with Crippen molar-refractivity contribution in [3.05, 3.63) is 29.8 Å². The van der Waals surface area contributed by atoms with Gasteiger partial charge in [-0.15, -0.1) is 0 Å². The molecular weight excluding hydrogens is 230 g/mol. The second-order valence-corrected chi connectivity index (χ2v) is 4.49. The number of piperidine rings is 1. The molecule has 0 spiro atoms. The Morgan fingerprint density at radius 1 is 1.28 bits per heavy atom. The molecular formula is C14H17NO3. The summed E-state index contributed by atoms with van der Waals surface area (Å²) in [7, 11) is 1.44. The van der Waals surface area contributed by atoms with E-state index in [-0.39, 0.29) is 11.9 Å². The molecule has 1 heterocycles. The molecule has 96 valence electrons. The summed E-state index contributed by atoms with van der Waals surface area (Å²) in [6.45, 7) is 1.69. The van der Waals surface area contributed by atoms with Crippen LogP contribution in [-0.4, -0.2) is 32.5 Å². The number of carbonyl (C=O) groups excluding carboxylic acids is 2. The number of benzene rings is 1. The van der Waals surface area contributed by atoms with E-state index in [1.54, 1.807) is 0 Å². The zero-order chi connectivity index (χ0) is 13.0. The molecule has 4 nitrogen and oxygen atoms in total. The Kier molecular flexibility index (Phi) is 3.97. The summed E-state index contributed by atoms with van der Waals surface area (Å²) in [5.74, 6) is -0.0774. The topological polar surface area (TPSA) is 46.6 Å². The van der Waals surface area contributed by atoms with Crippen LogP contribution in [0.2, 0.25) is 0 Å². The number of aldehydes is 1. The summed E-state index contributed by atoms with van der Waals surface area (Å²) in [5, 5.41) is 0. The van der Waals surface area contributed by atoms with Gasteiger partial charge >= 0.3 is 5.97 Å². The number of methoxy groups -OCH3 is 1. The van der Waals surface area contributed by atoms with Gasteiger partial charge in [0.1, 0.15) is 6.29 Å². The van der Waals surface area contributed by atoms with Crippen LogP contribution in [0.5, 0.6) is 0 Å². The molecule has 0 N–H and O–H groups in total. The van der Waals surface area contributed by atoms with Crippen molar-refractivity contribution in [3.8, 4) is 0 Å². The second-order valence-electron chi connectivity index (χ2n) is 4.49. The van der Waals surface area contributed by atoms with Crippen LogP contribution in [0.4, 0.5) is 5.69 Å². The van der Waals surface area contributed by atoms with E-state index in [1.807, 2.05) is 24.3 Å². The lowest BCUT2D eigenvalue weighted by Crippen LogP contribution is -2.36. The predicted octanol–water partition coefficient (Wildman–Crippen LogP) is 1.89. The van der Waals surface area contributed by atoms with Crippen LogP contribution in [0.25, 0.3) is 0 Å². The minimum absolute atomic E-state index is 0.0282. The SMILES string of the molecule is COC(=O)C1CCN(c2ccc(C=O)cc2)CC1. The highest BCUT2D eigenvalue weighted by molar-refractivity contribution is 5.76. The minimum Gasteiger partial charge on any atom is -0.469 e. The van der Waals surface area contributed by atoms with Gasteiger partial charge in [-0.1, -0.05) is 0 Å². The Labute approximate surface area is 107 Å². The number of rotatable bonds is 3. The number of anilines is 1. The zero-order valence-corrected chi connectivity index (χ0v) is 10.5. The van der Waals surface area contributed by atoms with Crippen molar-refractivity contribution in [2.24, 2.45) is 5.92 Å². The van der Waals surface area contributed by atoms with Crippen molar-refractivity contribution in [1.29, 1.82) is 0 Å². The minimum atomic E-state index is -0.106. The van der Waals surface area contributed by atoms with Gasteiger partial charge in [0.05, 0.1) is 13.0 Å². The van der Waals surface area contributed by atoms with Crippen LogP contribution in [0, 0.1) is 5.92 Å². The Morgan fingerprint density at radius 3 is 2.39 bits per heavy atom. The van der Waals surface area contributed by atoms with E-state index < -0.39 is 0 Å². The van der Waals surface area contributed by atoms with Gasteiger partial charge in [0.25, 0.3) is 0 Å². The fourth-order valence-electron chi connectivity index (χ4n) is 2.30. The van der Waals surface area contributed by atoms with E-state index in [4.69, 9.17) is 4.74 Å². The molecule has 18 heavy (non-hydrogen) atoms. The van der Waals surface area contributed by atoms with E-state index in [1.165, 1.54) is 7.11 Å². The molecule has 1 aliphatic rings. The average Bonchev–Trinajstić information content (AvgIpc) is 2.47. The smallest absolute Gasteiger partial charge is 0.308 e. The molecule has 1 saturated heterocycles. The Morgan fingerprint density at radius 2 is 1.89 bits per heavy atom. The summed E-state index contributed by atoms with van der Waals surface area (Å²) in [6, 6.07) is 7.52. The molecule has 0 atom stereocenters. The maximum Gasteiger partial charge on any atom is 0.308 e. The third-order valence-electron chi connectivity index (χ3n) is 3.42. The Bertz CT molecular complexity index is 419. The average molecular weight is 247 g/mol. The van der Waals surface area contributed by atoms with Crippen LogP contribution in [0.15, 0.2) is 24.3 Å². The summed E-state index contributed by atoms with van der Waals surface area (Å²) < 4.78 is 4.76. The van der Waals surface area contributed by atoms with Crippen LogP contribution in [0.1, 0.15) is 23.2 Å². The molecule has 0 aliphatic carbocycles. The van der Waals surface area contributed by atoms with Crippen LogP contribution in [0.3, 0.4) is 0 Å². The highest BCUT2D eigenvalue weighted by Crippen LogP contribution is 2.24. The molecule has 1 aliphatic heterocycles. The fourth-order valence-corrected chi connectivity index (χ4v) is 2.30. The maximum atomic E-state index is 11.4. The lowest BCUT2D eigenvalue weighted by molar-refractivity contribution is -0.146. The van der Waals surface area contributed by atoms with Crippen molar-refractivity contribution in [2.75, 3.05) is 25.1 Å². The molecule has 0 bridgehead atoms. The molecule has 1 aromatic carbocycles. The van der Waals surface area contributed by atoms with E-state index in [0.29, 0.717) is 5.56 Å². The highest BCUT2D eigenvalue weighted by atomic mass is 16.5. The van der Waals surface area contributed by atoms with E-state index in [9.17, 15) is 9.59 Å². The standard InChI is InChI=1S/C14H17NO3/c1-18-14(17)12-6-8-15(9-7-12)13-4-2-11(10-16)3-5-13/h2-5,10,12H,6-9H2,1H3. The van der Waals surface area contributed by atoms with Crippen molar-refractivity contribution in [2.45, 2.75) is 12.8 Å². The predicted molar refractivity (Wildman–Crippen MR) is 68.8 cm³/mol. The number of carbonyl (C=O) groups is 2. The molecule has 1 aromatic rings. The van der Waals surface area contributed by atoms with Crippen LogP contribution >= 0.6 is 0 Å². The molecule has 0 unspecified atom stereocenters. The van der Waals surface area contributed by atoms with Gasteiger partial charge < -0.3 is 9.64 Å². The molecule has 0 amide bonds. The molecule has 4 heteroatoms. The number of hydrogen-bond acceptors (Lipinski definition) is 4. The summed E-state index contributed by atoms with van der Waals surface area (Å²) in [5.41, 5.74) is 1.78. The molecule has 0 saturated carbocycles. The van der Waals surface area contributed by atoms with Crippen molar-refractivity contribution in [1.82, 2.24) is 0 Å². The number of esters is 1. The van der Waals surface area contributed by atoms with Crippen molar-refractivity contribution in [3.63, 3.8) is 0 Å². The van der Waals surface area contributed by atoms with Gasteiger partial charge in [-0.25, -0.2) is 0 Å². The monoisotopic (exact) mass is 247 g/mol. The summed E-state index contributed by atoms with van der Waals surface area (Å²) in [6.07, 6.45) is 2.48. The van der Waals surface area contributed by atoms with E-state index in [0.717, 1.165) is 37.9 Å². The fraction of sp³-hybridized carbons (Fsp3) is 0.429. The summed E-state index contributed by atoms with van der Waals surface area (Å²) in [4.78, 5) is 24.2. The van der Waals surface area contributed by atoms with Gasteiger partial charge in [0.2, 0.25) is 0 Å². The number of hydrogen-bond donors (Lipinski definition) is 0. The van der Waals surface area contributed by atoms with Gasteiger partial charge in [0.15, 0.2) is 0 Å². The zero-order valence-electron chi connectivity index (χ0n) is 10.5. The Balaban J connectivity index is 1.96. The van der Waals surface area contributed by atoms with Gasteiger partial charge in [-0.3, -0.25) is 9.59 Å². The number of ether oxygens (including phenoxy) is 1. The van der Waals surface area contributed by atoms with E-state index >= 15 is 0 Å². The van der Waals surface area contributed by atoms with Crippen molar-refractivity contribution < 1.29 is 14.3 Å².